The largest absolute Gasteiger partial charge is 0.378 e. The molecule has 2 aliphatic heterocycles. The van der Waals surface area contributed by atoms with Crippen LogP contribution in [0.15, 0.2) is 30.5 Å². The molecule has 0 N–H and O–H groups in total. The number of aromatic nitrogens is 3. The van der Waals surface area contributed by atoms with Crippen LogP contribution in [0.25, 0.3) is 5.65 Å². The van der Waals surface area contributed by atoms with Gasteiger partial charge in [0.25, 0.3) is 5.91 Å². The first-order valence-electron chi connectivity index (χ1n) is 10.2. The number of fused-ring (bicyclic) bond motifs is 1. The van der Waals surface area contributed by atoms with E-state index >= 15 is 0 Å². The van der Waals surface area contributed by atoms with Gasteiger partial charge in [0.15, 0.2) is 11.5 Å². The van der Waals surface area contributed by atoms with Gasteiger partial charge >= 0.3 is 0 Å². The Hall–Kier alpha value is -2.45. The highest BCUT2D eigenvalue weighted by Crippen LogP contribution is 2.28. The zero-order valence-electron chi connectivity index (χ0n) is 16.6. The van der Waals surface area contributed by atoms with E-state index in [4.69, 9.17) is 14.8 Å². The molecule has 7 nitrogen and oxygen atoms in total. The summed E-state index contributed by atoms with van der Waals surface area (Å²) in [5.41, 5.74) is 2.00. The Labute approximate surface area is 173 Å². The Bertz CT molecular complexity index is 1020. The summed E-state index contributed by atoms with van der Waals surface area (Å²) in [5.74, 6) is 1.15. The van der Waals surface area contributed by atoms with Crippen molar-refractivity contribution in [3.05, 3.63) is 46.0 Å². The fourth-order valence-electron chi connectivity index (χ4n) is 4.15. The molecule has 8 heteroatoms. The van der Waals surface area contributed by atoms with Gasteiger partial charge in [0, 0.05) is 37.0 Å². The topological polar surface area (TPSA) is 63.0 Å². The lowest BCUT2D eigenvalue weighted by Crippen LogP contribution is -2.39. The van der Waals surface area contributed by atoms with Crippen LogP contribution < -0.4 is 4.90 Å². The highest BCUT2D eigenvalue weighted by atomic mass is 32.1. The lowest BCUT2D eigenvalue weighted by atomic mass is 9.97. The SMILES string of the molecule is Cc1ccc(C(=O)N2CCCC(c3nc4ccc(N5CCOCC5)cn4n3)C2)s1. The number of morpholine rings is 1. The van der Waals surface area contributed by atoms with Crippen LogP contribution in [0.4, 0.5) is 5.69 Å². The molecule has 0 bridgehead atoms. The van der Waals surface area contributed by atoms with E-state index in [0.29, 0.717) is 6.54 Å². The Balaban J connectivity index is 1.35. The Morgan fingerprint density at radius 3 is 2.83 bits per heavy atom. The number of pyridine rings is 1. The second-order valence-corrected chi connectivity index (χ2v) is 9.05. The number of carbonyl (C=O) groups is 1. The fourth-order valence-corrected chi connectivity index (χ4v) is 4.98. The number of likely N-dealkylation sites (tertiary alicyclic amines) is 1. The maximum atomic E-state index is 12.9. The van der Waals surface area contributed by atoms with Crippen LogP contribution in [0.2, 0.25) is 0 Å². The maximum Gasteiger partial charge on any atom is 0.263 e. The molecule has 152 valence electrons. The van der Waals surface area contributed by atoms with Crippen LogP contribution in [0, 0.1) is 6.92 Å². The van der Waals surface area contributed by atoms with E-state index in [1.165, 1.54) is 4.88 Å². The van der Waals surface area contributed by atoms with Crippen molar-refractivity contribution in [3.8, 4) is 0 Å². The predicted molar refractivity (Wildman–Crippen MR) is 113 cm³/mol. The van der Waals surface area contributed by atoms with Gasteiger partial charge in [0.05, 0.1) is 30.0 Å². The minimum absolute atomic E-state index is 0.131. The Kier molecular flexibility index (Phi) is 4.97. The number of ether oxygens (including phenoxy) is 1. The number of amides is 1. The average Bonchev–Trinajstić information content (AvgIpc) is 3.39. The fraction of sp³-hybridized carbons (Fsp3) is 0.476. The van der Waals surface area contributed by atoms with E-state index in [2.05, 4.69) is 17.2 Å². The van der Waals surface area contributed by atoms with Crippen LogP contribution in [0.3, 0.4) is 0 Å². The summed E-state index contributed by atoms with van der Waals surface area (Å²) in [6, 6.07) is 8.08. The highest BCUT2D eigenvalue weighted by Gasteiger charge is 2.28. The molecule has 2 aliphatic rings. The first-order valence-corrected chi connectivity index (χ1v) is 11.0. The molecule has 3 aromatic heterocycles. The number of aryl methyl sites for hydroxylation is 1. The van der Waals surface area contributed by atoms with Crippen molar-refractivity contribution < 1.29 is 9.53 Å². The molecule has 2 saturated heterocycles. The van der Waals surface area contributed by atoms with E-state index < -0.39 is 0 Å². The first kappa shape index (κ1) is 18.6. The minimum atomic E-state index is 0.131. The summed E-state index contributed by atoms with van der Waals surface area (Å²) in [6.45, 7) is 6.84. The normalized spacial score (nSPS) is 20.4. The van der Waals surface area contributed by atoms with E-state index in [9.17, 15) is 4.79 Å². The van der Waals surface area contributed by atoms with Crippen LogP contribution in [0.1, 0.15) is 39.1 Å². The molecule has 3 aromatic rings. The Morgan fingerprint density at radius 1 is 1.17 bits per heavy atom. The van der Waals surface area contributed by atoms with Gasteiger partial charge in [-0.15, -0.1) is 11.3 Å². The molecule has 0 saturated carbocycles. The quantitative estimate of drug-likeness (QED) is 0.663. The summed E-state index contributed by atoms with van der Waals surface area (Å²) in [6.07, 6.45) is 4.05. The smallest absolute Gasteiger partial charge is 0.263 e. The number of anilines is 1. The molecule has 0 aromatic carbocycles. The van der Waals surface area contributed by atoms with Gasteiger partial charge in [0.2, 0.25) is 0 Å². The van der Waals surface area contributed by atoms with Gasteiger partial charge in [-0.05, 0) is 44.0 Å². The summed E-state index contributed by atoms with van der Waals surface area (Å²) in [5, 5.41) is 4.77. The summed E-state index contributed by atoms with van der Waals surface area (Å²) >= 11 is 1.57. The van der Waals surface area contributed by atoms with E-state index in [1.54, 1.807) is 11.3 Å². The number of hydrogen-bond donors (Lipinski definition) is 0. The lowest BCUT2D eigenvalue weighted by molar-refractivity contribution is 0.0709. The van der Waals surface area contributed by atoms with Gasteiger partial charge in [-0.2, -0.15) is 5.10 Å². The second-order valence-electron chi connectivity index (χ2n) is 7.76. The molecule has 2 fully saturated rings. The van der Waals surface area contributed by atoms with Crippen LogP contribution >= 0.6 is 11.3 Å². The summed E-state index contributed by atoms with van der Waals surface area (Å²) in [7, 11) is 0. The number of nitrogens with zero attached hydrogens (tertiary/aromatic N) is 5. The van der Waals surface area contributed by atoms with Gasteiger partial charge in [-0.3, -0.25) is 4.79 Å². The highest BCUT2D eigenvalue weighted by molar-refractivity contribution is 7.13. The number of thiophene rings is 1. The van der Waals surface area contributed by atoms with Gasteiger partial charge in [-0.1, -0.05) is 0 Å². The number of hydrogen-bond acceptors (Lipinski definition) is 6. The summed E-state index contributed by atoms with van der Waals surface area (Å²) < 4.78 is 7.33. The van der Waals surface area contributed by atoms with E-state index in [0.717, 1.165) is 67.7 Å². The number of rotatable bonds is 3. The van der Waals surface area contributed by atoms with Crippen molar-refractivity contribution in [2.24, 2.45) is 0 Å². The third-order valence-corrected chi connectivity index (χ3v) is 6.72. The maximum absolute atomic E-state index is 12.9. The standard InChI is InChI=1S/C21H25N5O2S/c1-15-4-6-18(29-15)21(27)25-8-2-3-16(13-25)20-22-19-7-5-17(14-26(19)23-20)24-9-11-28-12-10-24/h4-7,14,16H,2-3,8-13H2,1H3. The lowest BCUT2D eigenvalue weighted by Gasteiger charge is -2.31. The van der Waals surface area contributed by atoms with Crippen molar-refractivity contribution in [1.29, 1.82) is 0 Å². The molecule has 0 aliphatic carbocycles. The van der Waals surface area contributed by atoms with Gasteiger partial charge < -0.3 is 14.5 Å². The van der Waals surface area contributed by atoms with Crippen molar-refractivity contribution in [2.75, 3.05) is 44.3 Å². The molecule has 0 spiro atoms. The molecule has 1 atom stereocenters. The minimum Gasteiger partial charge on any atom is -0.378 e. The zero-order valence-corrected chi connectivity index (χ0v) is 17.4. The van der Waals surface area contributed by atoms with Gasteiger partial charge in [0.1, 0.15) is 0 Å². The molecule has 5 rings (SSSR count). The first-order chi connectivity index (χ1) is 14.2. The Morgan fingerprint density at radius 2 is 2.03 bits per heavy atom. The predicted octanol–water partition coefficient (Wildman–Crippen LogP) is 2.96. The molecule has 1 unspecified atom stereocenters. The van der Waals surface area contributed by atoms with E-state index in [-0.39, 0.29) is 11.8 Å². The third kappa shape index (κ3) is 3.74. The molecular weight excluding hydrogens is 386 g/mol. The van der Waals surface area contributed by atoms with E-state index in [1.807, 2.05) is 34.5 Å². The zero-order chi connectivity index (χ0) is 19.8. The second kappa shape index (κ2) is 7.76. The molecular formula is C21H25N5O2S. The summed E-state index contributed by atoms with van der Waals surface area (Å²) in [4.78, 5) is 23.9. The van der Waals surface area contributed by atoms with Crippen LogP contribution in [-0.2, 0) is 4.74 Å². The molecule has 5 heterocycles. The molecule has 29 heavy (non-hydrogen) atoms. The van der Waals surface area contributed by atoms with Gasteiger partial charge in [-0.25, -0.2) is 9.50 Å². The van der Waals surface area contributed by atoms with Crippen molar-refractivity contribution >= 4 is 28.6 Å². The number of carbonyl (C=O) groups excluding carboxylic acids is 1. The average molecular weight is 412 g/mol. The van der Waals surface area contributed by atoms with Crippen molar-refractivity contribution in [3.63, 3.8) is 0 Å². The third-order valence-electron chi connectivity index (χ3n) is 5.73. The van der Waals surface area contributed by atoms with Crippen LogP contribution in [0.5, 0.6) is 0 Å². The monoisotopic (exact) mass is 411 g/mol. The number of piperidine rings is 1. The van der Waals surface area contributed by atoms with Crippen molar-refractivity contribution in [2.45, 2.75) is 25.7 Å². The molecule has 0 radical (unpaired) electrons. The molecule has 1 amide bonds. The van der Waals surface area contributed by atoms with Crippen molar-refractivity contribution in [1.82, 2.24) is 19.5 Å². The van der Waals surface area contributed by atoms with Crippen LogP contribution in [-0.4, -0.2) is 64.8 Å².